The topological polar surface area (TPSA) is 113 Å². The normalized spacial score (nSPS) is 9.71. The van der Waals surface area contributed by atoms with Crippen LogP contribution in [0.4, 0.5) is 9.93 Å². The van der Waals surface area contributed by atoms with Gasteiger partial charge in [0.1, 0.15) is 12.0 Å². The van der Waals surface area contributed by atoms with Crippen LogP contribution in [0.3, 0.4) is 0 Å². The van der Waals surface area contributed by atoms with Crippen molar-refractivity contribution < 1.29 is 13.9 Å². The summed E-state index contributed by atoms with van der Waals surface area (Å²) < 4.78 is 9.89. The number of aromatic nitrogens is 1. The lowest BCUT2D eigenvalue weighted by molar-refractivity contribution is 0.221. The smallest absolute Gasteiger partial charge is 0.397 e. The van der Waals surface area contributed by atoms with Crippen molar-refractivity contribution in [1.29, 1.82) is 5.39 Å². The fourth-order valence-corrected chi connectivity index (χ4v) is 1.92. The van der Waals surface area contributed by atoms with Gasteiger partial charge in [-0.15, -0.1) is 11.3 Å². The van der Waals surface area contributed by atoms with Gasteiger partial charge in [0, 0.05) is 17.6 Å². The van der Waals surface area contributed by atoms with Crippen molar-refractivity contribution >= 4 is 22.5 Å². The van der Waals surface area contributed by atoms with Crippen LogP contribution in [0.2, 0.25) is 0 Å². The summed E-state index contributed by atoms with van der Waals surface area (Å²) in [5.41, 5.74) is -0.406. The lowest BCUT2D eigenvalue weighted by Crippen LogP contribution is -2.29. The number of nitrogens with one attached hydrogen (secondary N) is 1. The van der Waals surface area contributed by atoms with E-state index in [1.54, 1.807) is 5.38 Å². The molecule has 0 radical (unpaired) electrons. The average Bonchev–Trinajstić information content (AvgIpc) is 2.97. The fourth-order valence-electron chi connectivity index (χ4n) is 1.40. The van der Waals surface area contributed by atoms with E-state index in [0.717, 1.165) is 12.3 Å². The number of carbonyl (C=O) groups is 1. The first-order chi connectivity index (χ1) is 10.1. The summed E-state index contributed by atoms with van der Waals surface area (Å²) in [6, 6.07) is 0.430. The van der Waals surface area contributed by atoms with Gasteiger partial charge in [-0.3, -0.25) is 10.1 Å². The molecule has 0 unspecified atom stereocenters. The number of hydrogen-bond acceptors (Lipinski definition) is 7. The van der Waals surface area contributed by atoms with E-state index >= 15 is 0 Å². The Labute approximate surface area is 122 Å². The van der Waals surface area contributed by atoms with Crippen molar-refractivity contribution in [1.82, 2.24) is 9.99 Å². The summed E-state index contributed by atoms with van der Waals surface area (Å²) in [6.45, 7) is -0.229. The number of amides is 2. The SMILES string of the molecule is COc1coc(CN([N+]#N)C(=O)Nc2nccs2)cc1=O. The maximum absolute atomic E-state index is 11.8. The van der Waals surface area contributed by atoms with Crippen molar-refractivity contribution in [2.45, 2.75) is 6.54 Å². The number of anilines is 1. The van der Waals surface area contributed by atoms with E-state index < -0.39 is 11.5 Å². The molecule has 2 heterocycles. The molecule has 0 bridgehead atoms. The van der Waals surface area contributed by atoms with Crippen molar-refractivity contribution in [2.75, 3.05) is 12.4 Å². The number of urea groups is 1. The molecule has 0 aliphatic heterocycles. The maximum atomic E-state index is 11.8. The zero-order chi connectivity index (χ0) is 15.2. The zero-order valence-corrected chi connectivity index (χ0v) is 11.7. The van der Waals surface area contributed by atoms with Gasteiger partial charge in [0.05, 0.1) is 12.1 Å². The summed E-state index contributed by atoms with van der Waals surface area (Å²) in [7, 11) is 1.34. The minimum Gasteiger partial charge on any atom is -0.490 e. The van der Waals surface area contributed by atoms with Crippen LogP contribution < -0.4 is 15.5 Å². The number of carbonyl (C=O) groups excluding carboxylic acids is 1. The summed E-state index contributed by atoms with van der Waals surface area (Å²) in [6.07, 6.45) is 2.63. The van der Waals surface area contributed by atoms with Crippen LogP contribution in [-0.4, -0.2) is 23.1 Å². The molecule has 9 nitrogen and oxygen atoms in total. The Kier molecular flexibility index (Phi) is 4.47. The van der Waals surface area contributed by atoms with Gasteiger partial charge in [0.2, 0.25) is 11.2 Å². The molecule has 0 saturated heterocycles. The summed E-state index contributed by atoms with van der Waals surface area (Å²) in [5, 5.41) is 16.9. The van der Waals surface area contributed by atoms with E-state index in [-0.39, 0.29) is 18.1 Å². The number of nitrogens with zero attached hydrogens (tertiary/aromatic N) is 4. The van der Waals surface area contributed by atoms with E-state index in [2.05, 4.69) is 15.4 Å². The molecule has 2 aromatic heterocycles. The third-order valence-electron chi connectivity index (χ3n) is 2.37. The van der Waals surface area contributed by atoms with E-state index in [4.69, 9.17) is 14.5 Å². The Morgan fingerprint density at radius 1 is 1.67 bits per heavy atom. The molecule has 0 fully saturated rings. The van der Waals surface area contributed by atoms with Gasteiger partial charge in [0.25, 0.3) is 5.39 Å². The summed E-state index contributed by atoms with van der Waals surface area (Å²) >= 11 is 1.21. The second-order valence-corrected chi connectivity index (χ2v) is 4.59. The van der Waals surface area contributed by atoms with Crippen molar-refractivity contribution in [3.63, 3.8) is 0 Å². The van der Waals surface area contributed by atoms with Gasteiger partial charge in [-0.05, 0) is 0 Å². The predicted octanol–water partition coefficient (Wildman–Crippen LogP) is 1.91. The van der Waals surface area contributed by atoms with Gasteiger partial charge in [-0.2, -0.15) is 0 Å². The van der Waals surface area contributed by atoms with Crippen molar-refractivity contribution in [3.8, 4) is 5.75 Å². The number of methoxy groups -OCH3 is 1. The molecular formula is C11H10N5O4S+. The van der Waals surface area contributed by atoms with Gasteiger partial charge < -0.3 is 9.15 Å². The molecule has 1 N–H and O–H groups in total. The molecule has 108 valence electrons. The fraction of sp³-hybridized carbons (Fsp3) is 0.182. The Morgan fingerprint density at radius 3 is 3.05 bits per heavy atom. The number of hydrogen-bond donors (Lipinski definition) is 1. The highest BCUT2D eigenvalue weighted by Gasteiger charge is 2.27. The van der Waals surface area contributed by atoms with E-state index in [9.17, 15) is 9.59 Å². The van der Waals surface area contributed by atoms with Gasteiger partial charge >= 0.3 is 11.1 Å². The molecule has 10 heteroatoms. The second kappa shape index (κ2) is 6.49. The van der Waals surface area contributed by atoms with Crippen LogP contribution in [0, 0.1) is 5.39 Å². The molecule has 2 amide bonds. The van der Waals surface area contributed by atoms with E-state index in [1.165, 1.54) is 24.6 Å². The molecule has 0 spiro atoms. The quantitative estimate of drug-likeness (QED) is 0.681. The van der Waals surface area contributed by atoms with Crippen LogP contribution in [0.25, 0.3) is 5.08 Å². The predicted molar refractivity (Wildman–Crippen MR) is 73.3 cm³/mol. The molecular weight excluding hydrogens is 298 g/mol. The molecule has 2 rings (SSSR count). The number of thiazole rings is 1. The van der Waals surface area contributed by atoms with Crippen molar-refractivity contribution in [3.05, 3.63) is 45.0 Å². The van der Waals surface area contributed by atoms with Crippen LogP contribution >= 0.6 is 11.3 Å². The lowest BCUT2D eigenvalue weighted by Gasteiger charge is -2.04. The molecule has 0 aliphatic rings. The Balaban J connectivity index is 2.08. The van der Waals surface area contributed by atoms with Gasteiger partial charge in [0.15, 0.2) is 11.7 Å². The highest BCUT2D eigenvalue weighted by atomic mass is 32.1. The molecule has 2 aromatic rings. The summed E-state index contributed by atoms with van der Waals surface area (Å²) in [4.78, 5) is 27.3. The Hall–Kier alpha value is -2.93. The van der Waals surface area contributed by atoms with Crippen LogP contribution in [0.1, 0.15) is 5.76 Å². The first kappa shape index (κ1) is 14.5. The third-order valence-corrected chi connectivity index (χ3v) is 3.05. The molecule has 0 aliphatic carbocycles. The van der Waals surface area contributed by atoms with Gasteiger partial charge in [-0.25, -0.2) is 9.78 Å². The average molecular weight is 308 g/mol. The first-order valence-corrected chi connectivity index (χ1v) is 6.50. The lowest BCUT2D eigenvalue weighted by atomic mass is 10.3. The van der Waals surface area contributed by atoms with Gasteiger partial charge in [-0.1, -0.05) is 0 Å². The van der Waals surface area contributed by atoms with Crippen molar-refractivity contribution in [2.24, 2.45) is 0 Å². The van der Waals surface area contributed by atoms with E-state index in [0.29, 0.717) is 10.1 Å². The molecule has 0 saturated carbocycles. The summed E-state index contributed by atoms with van der Waals surface area (Å²) in [5.74, 6) is 0.173. The highest BCUT2D eigenvalue weighted by Crippen LogP contribution is 2.13. The number of diazo groups is 1. The minimum atomic E-state index is -0.717. The number of rotatable bonds is 4. The van der Waals surface area contributed by atoms with Crippen LogP contribution in [-0.2, 0) is 6.54 Å². The zero-order valence-electron chi connectivity index (χ0n) is 10.8. The first-order valence-electron chi connectivity index (χ1n) is 5.62. The molecule has 0 aromatic carbocycles. The number of ether oxygens (including phenoxy) is 1. The van der Waals surface area contributed by atoms with E-state index in [1.807, 2.05) is 0 Å². The van der Waals surface area contributed by atoms with Crippen LogP contribution in [0.5, 0.6) is 5.75 Å². The Bertz CT molecular complexity index is 721. The standard InChI is InChI=1S/C11H9N5O4S/c1-19-9-6-20-7(4-8(9)17)5-16(15-12)11(18)14-10-13-2-3-21-10/h2-4,6H,5H2,1H3/p+1. The maximum Gasteiger partial charge on any atom is 0.397 e. The second-order valence-electron chi connectivity index (χ2n) is 3.69. The third kappa shape index (κ3) is 3.54. The molecule has 21 heavy (non-hydrogen) atoms. The Morgan fingerprint density at radius 2 is 2.48 bits per heavy atom. The largest absolute Gasteiger partial charge is 0.490 e. The molecule has 0 atom stereocenters. The minimum absolute atomic E-state index is 0.0403. The van der Waals surface area contributed by atoms with Crippen LogP contribution in [0.15, 0.2) is 33.1 Å². The monoisotopic (exact) mass is 308 g/mol. The highest BCUT2D eigenvalue weighted by molar-refractivity contribution is 7.13.